The van der Waals surface area contributed by atoms with Crippen LogP contribution in [0.1, 0.15) is 26.7 Å². The number of nitrogens with zero attached hydrogens (tertiary/aromatic N) is 1. The number of hydrogen-bond acceptors (Lipinski definition) is 2. The molecule has 1 unspecified atom stereocenters. The fourth-order valence-corrected chi connectivity index (χ4v) is 1.82. The van der Waals surface area contributed by atoms with Crippen LogP contribution in [-0.2, 0) is 4.79 Å². The van der Waals surface area contributed by atoms with Crippen molar-refractivity contribution in [2.75, 3.05) is 19.6 Å². The molecule has 2 amide bonds. The van der Waals surface area contributed by atoms with Gasteiger partial charge in [-0.1, -0.05) is 11.6 Å². The molecule has 1 heterocycles. The number of allylic oxidation sites excluding steroid dienone is 1. The van der Waals surface area contributed by atoms with Crippen molar-refractivity contribution < 1.29 is 14.7 Å². The van der Waals surface area contributed by atoms with Gasteiger partial charge in [-0.05, 0) is 26.7 Å². The van der Waals surface area contributed by atoms with Crippen molar-refractivity contribution in [1.29, 1.82) is 0 Å². The Morgan fingerprint density at radius 2 is 2.18 bits per heavy atom. The highest BCUT2D eigenvalue weighted by Crippen LogP contribution is 2.16. The maximum atomic E-state index is 11.7. The number of carbonyl (C=O) groups excluding carboxylic acids is 1. The number of aliphatic carboxylic acids is 1. The number of likely N-dealkylation sites (tertiary alicyclic amines) is 1. The van der Waals surface area contributed by atoms with Gasteiger partial charge in [-0.2, -0.15) is 0 Å². The molecule has 2 N–H and O–H groups in total. The molecular weight excluding hydrogens is 220 g/mol. The second-order valence-corrected chi connectivity index (χ2v) is 4.59. The molecule has 5 nitrogen and oxygen atoms in total. The summed E-state index contributed by atoms with van der Waals surface area (Å²) in [4.78, 5) is 24.2. The minimum atomic E-state index is -0.813. The normalized spacial score (nSPS) is 19.6. The third-order valence-corrected chi connectivity index (χ3v) is 2.82. The Labute approximate surface area is 101 Å². The van der Waals surface area contributed by atoms with Crippen molar-refractivity contribution >= 4 is 12.0 Å². The molecule has 1 aliphatic rings. The number of carbonyl (C=O) groups is 2. The van der Waals surface area contributed by atoms with Crippen molar-refractivity contribution in [1.82, 2.24) is 10.2 Å². The van der Waals surface area contributed by atoms with Gasteiger partial charge in [0.2, 0.25) is 0 Å². The summed E-state index contributed by atoms with van der Waals surface area (Å²) < 4.78 is 0. The van der Waals surface area contributed by atoms with Gasteiger partial charge in [0.25, 0.3) is 0 Å². The van der Waals surface area contributed by atoms with Crippen LogP contribution < -0.4 is 5.32 Å². The van der Waals surface area contributed by atoms with E-state index in [9.17, 15) is 9.59 Å². The van der Waals surface area contributed by atoms with Gasteiger partial charge in [-0.25, -0.2) is 4.79 Å². The highest BCUT2D eigenvalue weighted by Gasteiger charge is 2.27. The van der Waals surface area contributed by atoms with E-state index in [0.717, 1.165) is 12.0 Å². The first kappa shape index (κ1) is 13.5. The lowest BCUT2D eigenvalue weighted by Crippen LogP contribution is -2.47. The van der Waals surface area contributed by atoms with Crippen molar-refractivity contribution in [3.05, 3.63) is 11.6 Å². The molecule has 1 rings (SSSR count). The molecule has 0 aromatic rings. The summed E-state index contributed by atoms with van der Waals surface area (Å²) in [7, 11) is 0. The first-order chi connectivity index (χ1) is 8.00. The smallest absolute Gasteiger partial charge is 0.317 e. The summed E-state index contributed by atoms with van der Waals surface area (Å²) in [6.07, 6.45) is 3.34. The van der Waals surface area contributed by atoms with E-state index in [1.807, 2.05) is 19.9 Å². The Morgan fingerprint density at radius 1 is 1.47 bits per heavy atom. The maximum Gasteiger partial charge on any atom is 0.317 e. The molecule has 0 aromatic carbocycles. The fraction of sp³-hybridized carbons (Fsp3) is 0.667. The maximum absolute atomic E-state index is 11.7. The van der Waals surface area contributed by atoms with E-state index in [1.54, 1.807) is 4.90 Å². The van der Waals surface area contributed by atoms with E-state index in [0.29, 0.717) is 26.1 Å². The van der Waals surface area contributed by atoms with Gasteiger partial charge < -0.3 is 15.3 Å². The van der Waals surface area contributed by atoms with Crippen LogP contribution in [-0.4, -0.2) is 41.6 Å². The lowest BCUT2D eigenvalue weighted by molar-refractivity contribution is -0.143. The second kappa shape index (κ2) is 6.27. The van der Waals surface area contributed by atoms with Crippen LogP contribution in [0.25, 0.3) is 0 Å². The number of hydrogen-bond donors (Lipinski definition) is 2. The van der Waals surface area contributed by atoms with Gasteiger partial charge >= 0.3 is 12.0 Å². The molecule has 1 fully saturated rings. The minimum Gasteiger partial charge on any atom is -0.481 e. The zero-order chi connectivity index (χ0) is 12.8. The largest absolute Gasteiger partial charge is 0.481 e. The molecule has 1 aliphatic heterocycles. The summed E-state index contributed by atoms with van der Waals surface area (Å²) in [5.74, 6) is -1.23. The molecule has 96 valence electrons. The summed E-state index contributed by atoms with van der Waals surface area (Å²) in [5.41, 5.74) is 1.15. The fourth-order valence-electron chi connectivity index (χ4n) is 1.82. The van der Waals surface area contributed by atoms with E-state index >= 15 is 0 Å². The van der Waals surface area contributed by atoms with E-state index in [4.69, 9.17) is 5.11 Å². The zero-order valence-electron chi connectivity index (χ0n) is 10.4. The van der Waals surface area contributed by atoms with Crippen LogP contribution in [0.2, 0.25) is 0 Å². The van der Waals surface area contributed by atoms with Crippen LogP contribution in [0.4, 0.5) is 4.79 Å². The van der Waals surface area contributed by atoms with Gasteiger partial charge in [-0.15, -0.1) is 0 Å². The SMILES string of the molecule is CC(C)=CCNC(=O)N1CCCC(C(=O)O)C1. The minimum absolute atomic E-state index is 0.173. The van der Waals surface area contributed by atoms with Crippen LogP contribution in [0, 0.1) is 5.92 Å². The number of carboxylic acid groups (broad SMARTS) is 1. The number of rotatable bonds is 3. The highest BCUT2D eigenvalue weighted by atomic mass is 16.4. The summed E-state index contributed by atoms with van der Waals surface area (Å²) in [5, 5.41) is 11.7. The number of urea groups is 1. The monoisotopic (exact) mass is 240 g/mol. The third-order valence-electron chi connectivity index (χ3n) is 2.82. The molecule has 17 heavy (non-hydrogen) atoms. The number of amides is 2. The quantitative estimate of drug-likeness (QED) is 0.734. The average Bonchev–Trinajstić information content (AvgIpc) is 2.28. The first-order valence-corrected chi connectivity index (χ1v) is 5.89. The van der Waals surface area contributed by atoms with Crippen LogP contribution >= 0.6 is 0 Å². The Bertz CT molecular complexity index is 322. The van der Waals surface area contributed by atoms with Gasteiger partial charge in [0.05, 0.1) is 5.92 Å². The highest BCUT2D eigenvalue weighted by molar-refractivity contribution is 5.76. The summed E-state index contributed by atoms with van der Waals surface area (Å²) in [6, 6.07) is -0.173. The van der Waals surface area contributed by atoms with E-state index < -0.39 is 11.9 Å². The molecule has 1 saturated heterocycles. The topological polar surface area (TPSA) is 69.6 Å². The number of piperidine rings is 1. The Kier molecular flexibility index (Phi) is 5.00. The molecular formula is C12H20N2O3. The lowest BCUT2D eigenvalue weighted by Gasteiger charge is -2.30. The van der Waals surface area contributed by atoms with E-state index in [-0.39, 0.29) is 6.03 Å². The molecule has 0 saturated carbocycles. The van der Waals surface area contributed by atoms with E-state index in [1.165, 1.54) is 0 Å². The van der Waals surface area contributed by atoms with E-state index in [2.05, 4.69) is 5.32 Å². The second-order valence-electron chi connectivity index (χ2n) is 4.59. The van der Waals surface area contributed by atoms with Crippen molar-refractivity contribution in [2.45, 2.75) is 26.7 Å². The Morgan fingerprint density at radius 3 is 2.76 bits per heavy atom. The van der Waals surface area contributed by atoms with Crippen LogP contribution in [0.15, 0.2) is 11.6 Å². The summed E-state index contributed by atoms with van der Waals surface area (Å²) in [6.45, 7) is 5.39. The number of nitrogens with one attached hydrogen (secondary N) is 1. The standard InChI is InChI=1S/C12H20N2O3/c1-9(2)5-6-13-12(17)14-7-3-4-10(8-14)11(15)16/h5,10H,3-4,6-8H2,1-2H3,(H,13,17)(H,15,16). The molecule has 0 bridgehead atoms. The molecule has 0 aliphatic carbocycles. The molecule has 5 heteroatoms. The number of carboxylic acids is 1. The van der Waals surface area contributed by atoms with Gasteiger partial charge in [0.1, 0.15) is 0 Å². The molecule has 0 spiro atoms. The summed E-state index contributed by atoms with van der Waals surface area (Å²) >= 11 is 0. The van der Waals surface area contributed by atoms with Gasteiger partial charge in [0, 0.05) is 19.6 Å². The van der Waals surface area contributed by atoms with Crippen molar-refractivity contribution in [3.63, 3.8) is 0 Å². The Hall–Kier alpha value is -1.52. The van der Waals surface area contributed by atoms with Crippen molar-refractivity contribution in [3.8, 4) is 0 Å². The predicted molar refractivity (Wildman–Crippen MR) is 64.8 cm³/mol. The Balaban J connectivity index is 2.41. The molecule has 0 radical (unpaired) electrons. The molecule has 1 atom stereocenters. The van der Waals surface area contributed by atoms with Gasteiger partial charge in [0.15, 0.2) is 0 Å². The molecule has 0 aromatic heterocycles. The average molecular weight is 240 g/mol. The third kappa shape index (κ3) is 4.46. The lowest BCUT2D eigenvalue weighted by atomic mass is 9.99. The van der Waals surface area contributed by atoms with Crippen LogP contribution in [0.5, 0.6) is 0 Å². The van der Waals surface area contributed by atoms with Crippen molar-refractivity contribution in [2.24, 2.45) is 5.92 Å². The predicted octanol–water partition coefficient (Wildman–Crippen LogP) is 1.46. The first-order valence-electron chi connectivity index (χ1n) is 5.89. The van der Waals surface area contributed by atoms with Crippen LogP contribution in [0.3, 0.4) is 0 Å². The van der Waals surface area contributed by atoms with Gasteiger partial charge in [-0.3, -0.25) is 4.79 Å². The zero-order valence-corrected chi connectivity index (χ0v) is 10.4.